The molecule has 2 fully saturated rings. The molecule has 3 heterocycles. The standard InChI is InChI=1S/C27H31N7O2/c1-18-12-21(4-5-24(18)36-17-27(16-28)8-9-27)25-19(2)13-29-26(32-25)31-22-14-30-34(15-22)23-6-10-33(11-7-23)20(3)35/h4-5,12-15,23H,6-11,17H2,1-3H3,(H,29,31,32). The summed E-state index contributed by atoms with van der Waals surface area (Å²) in [6, 6.07) is 8.66. The second-order valence-electron chi connectivity index (χ2n) is 9.96. The number of hydrogen-bond acceptors (Lipinski definition) is 7. The predicted molar refractivity (Wildman–Crippen MR) is 136 cm³/mol. The molecule has 1 aromatic carbocycles. The molecule has 0 bridgehead atoms. The lowest BCUT2D eigenvalue weighted by Crippen LogP contribution is -2.37. The summed E-state index contributed by atoms with van der Waals surface area (Å²) in [5.41, 5.74) is 4.34. The first-order chi connectivity index (χ1) is 17.4. The maximum Gasteiger partial charge on any atom is 0.227 e. The highest BCUT2D eigenvalue weighted by molar-refractivity contribution is 5.73. The minimum Gasteiger partial charge on any atom is -0.492 e. The highest BCUT2D eigenvalue weighted by Gasteiger charge is 2.44. The number of aryl methyl sites for hydroxylation is 2. The van der Waals surface area contributed by atoms with Crippen molar-refractivity contribution in [3.63, 3.8) is 0 Å². The molecule has 0 spiro atoms. The minimum atomic E-state index is -0.297. The molecule has 186 valence electrons. The molecule has 1 aliphatic heterocycles. The van der Waals surface area contributed by atoms with Gasteiger partial charge in [0.05, 0.1) is 35.1 Å². The van der Waals surface area contributed by atoms with E-state index in [4.69, 9.17) is 9.72 Å². The van der Waals surface area contributed by atoms with Crippen LogP contribution in [0.15, 0.2) is 36.8 Å². The summed E-state index contributed by atoms with van der Waals surface area (Å²) in [5, 5.41) is 17.1. The second-order valence-corrected chi connectivity index (χ2v) is 9.96. The number of likely N-dealkylation sites (tertiary alicyclic amines) is 1. The smallest absolute Gasteiger partial charge is 0.227 e. The summed E-state index contributed by atoms with van der Waals surface area (Å²) in [7, 11) is 0. The van der Waals surface area contributed by atoms with Crippen LogP contribution in [-0.2, 0) is 4.79 Å². The monoisotopic (exact) mass is 485 g/mol. The fraction of sp³-hybridized carbons (Fsp3) is 0.444. The Bertz CT molecular complexity index is 1310. The summed E-state index contributed by atoms with van der Waals surface area (Å²) >= 11 is 0. The Kier molecular flexibility index (Phi) is 6.35. The number of carbonyl (C=O) groups is 1. The number of benzene rings is 1. The van der Waals surface area contributed by atoms with Gasteiger partial charge in [0.15, 0.2) is 0 Å². The molecule has 2 aromatic heterocycles. The van der Waals surface area contributed by atoms with Crippen molar-refractivity contribution in [1.82, 2.24) is 24.6 Å². The Labute approximate surface area is 211 Å². The van der Waals surface area contributed by atoms with Gasteiger partial charge in [-0.25, -0.2) is 9.97 Å². The average Bonchev–Trinajstić information content (AvgIpc) is 3.52. The van der Waals surface area contributed by atoms with Crippen molar-refractivity contribution in [2.75, 3.05) is 25.0 Å². The van der Waals surface area contributed by atoms with E-state index in [1.165, 1.54) is 0 Å². The van der Waals surface area contributed by atoms with E-state index in [1.807, 2.05) is 48.0 Å². The highest BCUT2D eigenvalue weighted by atomic mass is 16.5. The fourth-order valence-corrected chi connectivity index (χ4v) is 4.59. The van der Waals surface area contributed by atoms with Gasteiger partial charge in [-0.2, -0.15) is 10.4 Å². The number of nitriles is 1. The van der Waals surface area contributed by atoms with Crippen molar-refractivity contribution in [2.45, 2.75) is 52.5 Å². The van der Waals surface area contributed by atoms with Gasteiger partial charge in [-0.3, -0.25) is 9.48 Å². The molecule has 1 amide bonds. The van der Waals surface area contributed by atoms with Crippen LogP contribution in [-0.4, -0.2) is 50.3 Å². The lowest BCUT2D eigenvalue weighted by atomic mass is 10.0. The van der Waals surface area contributed by atoms with Crippen LogP contribution >= 0.6 is 0 Å². The third kappa shape index (κ3) is 5.03. The molecule has 1 aliphatic carbocycles. The van der Waals surface area contributed by atoms with E-state index in [1.54, 1.807) is 13.1 Å². The van der Waals surface area contributed by atoms with Crippen molar-refractivity contribution < 1.29 is 9.53 Å². The van der Waals surface area contributed by atoms with Gasteiger partial charge < -0.3 is 15.0 Å². The van der Waals surface area contributed by atoms with Gasteiger partial charge >= 0.3 is 0 Å². The third-order valence-electron chi connectivity index (χ3n) is 7.16. The van der Waals surface area contributed by atoms with Gasteiger partial charge in [-0.15, -0.1) is 0 Å². The molecule has 1 saturated heterocycles. The zero-order chi connectivity index (χ0) is 25.3. The summed E-state index contributed by atoms with van der Waals surface area (Å²) in [5.74, 6) is 1.43. The SMILES string of the molecule is CC(=O)N1CCC(n2cc(Nc3ncc(C)c(-c4ccc(OCC5(C#N)CC5)c(C)c4)n3)cn2)CC1. The molecule has 9 nitrogen and oxygen atoms in total. The average molecular weight is 486 g/mol. The van der Waals surface area contributed by atoms with E-state index in [0.717, 1.165) is 72.6 Å². The number of nitrogens with one attached hydrogen (secondary N) is 1. The summed E-state index contributed by atoms with van der Waals surface area (Å²) in [6.07, 6.45) is 9.18. The van der Waals surface area contributed by atoms with Gasteiger partial charge in [0, 0.05) is 38.0 Å². The Morgan fingerprint density at radius 1 is 1.22 bits per heavy atom. The quantitative estimate of drug-likeness (QED) is 0.522. The number of nitrogens with zero attached hydrogens (tertiary/aromatic N) is 6. The van der Waals surface area contributed by atoms with Crippen molar-refractivity contribution in [3.05, 3.63) is 47.9 Å². The number of aromatic nitrogens is 4. The number of amides is 1. The zero-order valence-electron chi connectivity index (χ0n) is 21.0. The van der Waals surface area contributed by atoms with Gasteiger partial charge in [-0.1, -0.05) is 0 Å². The van der Waals surface area contributed by atoms with Crippen LogP contribution in [0.3, 0.4) is 0 Å². The first-order valence-electron chi connectivity index (χ1n) is 12.4. The van der Waals surface area contributed by atoms with Crippen LogP contribution in [0.1, 0.15) is 49.8 Å². The molecule has 0 unspecified atom stereocenters. The number of hydrogen-bond donors (Lipinski definition) is 1. The fourth-order valence-electron chi connectivity index (χ4n) is 4.59. The maximum atomic E-state index is 11.6. The first kappa shape index (κ1) is 23.8. The lowest BCUT2D eigenvalue weighted by molar-refractivity contribution is -0.130. The maximum absolute atomic E-state index is 11.6. The number of carbonyl (C=O) groups excluding carboxylic acids is 1. The molecule has 36 heavy (non-hydrogen) atoms. The van der Waals surface area contributed by atoms with Gasteiger partial charge in [0.2, 0.25) is 11.9 Å². The van der Waals surface area contributed by atoms with Crippen LogP contribution in [0.25, 0.3) is 11.3 Å². The molecule has 2 aliphatic rings. The Morgan fingerprint density at radius 2 is 2.00 bits per heavy atom. The van der Waals surface area contributed by atoms with Crippen LogP contribution in [0.2, 0.25) is 0 Å². The molecule has 3 aromatic rings. The zero-order valence-corrected chi connectivity index (χ0v) is 21.0. The predicted octanol–water partition coefficient (Wildman–Crippen LogP) is 4.57. The highest BCUT2D eigenvalue weighted by Crippen LogP contribution is 2.45. The van der Waals surface area contributed by atoms with E-state index in [-0.39, 0.29) is 17.4 Å². The minimum absolute atomic E-state index is 0.131. The summed E-state index contributed by atoms with van der Waals surface area (Å²) < 4.78 is 7.92. The Balaban J connectivity index is 1.27. The van der Waals surface area contributed by atoms with E-state index >= 15 is 0 Å². The molecule has 9 heteroatoms. The van der Waals surface area contributed by atoms with Crippen molar-refractivity contribution in [3.8, 4) is 23.1 Å². The summed E-state index contributed by atoms with van der Waals surface area (Å²) in [6.45, 7) is 7.58. The largest absolute Gasteiger partial charge is 0.492 e. The van der Waals surface area contributed by atoms with Crippen LogP contribution in [0.4, 0.5) is 11.6 Å². The van der Waals surface area contributed by atoms with E-state index in [2.05, 4.69) is 27.5 Å². The molecular formula is C27H31N7O2. The van der Waals surface area contributed by atoms with Gasteiger partial charge in [0.1, 0.15) is 12.4 Å². The van der Waals surface area contributed by atoms with Gasteiger partial charge in [-0.05, 0) is 68.9 Å². The molecule has 1 N–H and O–H groups in total. The van der Waals surface area contributed by atoms with Crippen LogP contribution < -0.4 is 10.1 Å². The van der Waals surface area contributed by atoms with Crippen LogP contribution in [0, 0.1) is 30.6 Å². The topological polar surface area (TPSA) is 109 Å². The normalized spacial score (nSPS) is 16.9. The number of anilines is 2. The van der Waals surface area contributed by atoms with Crippen LogP contribution in [0.5, 0.6) is 5.75 Å². The summed E-state index contributed by atoms with van der Waals surface area (Å²) in [4.78, 5) is 22.7. The van der Waals surface area contributed by atoms with E-state index < -0.39 is 0 Å². The Morgan fingerprint density at radius 3 is 2.67 bits per heavy atom. The first-order valence-corrected chi connectivity index (χ1v) is 12.4. The van der Waals surface area contributed by atoms with Crippen molar-refractivity contribution >= 4 is 17.5 Å². The molecule has 1 saturated carbocycles. The second kappa shape index (κ2) is 9.61. The lowest BCUT2D eigenvalue weighted by Gasteiger charge is -2.31. The third-order valence-corrected chi connectivity index (χ3v) is 7.16. The van der Waals surface area contributed by atoms with E-state index in [9.17, 15) is 10.1 Å². The Hall–Kier alpha value is -3.93. The van der Waals surface area contributed by atoms with Crippen molar-refractivity contribution in [2.24, 2.45) is 5.41 Å². The molecular weight excluding hydrogens is 454 g/mol. The van der Waals surface area contributed by atoms with Gasteiger partial charge in [0.25, 0.3) is 0 Å². The molecule has 0 atom stereocenters. The van der Waals surface area contributed by atoms with Crippen molar-refractivity contribution in [1.29, 1.82) is 5.26 Å². The molecule has 0 radical (unpaired) electrons. The number of ether oxygens (including phenoxy) is 1. The van der Waals surface area contributed by atoms with E-state index in [0.29, 0.717) is 12.6 Å². The number of piperidine rings is 1. The molecule has 5 rings (SSSR count). The number of rotatable bonds is 7.